The van der Waals surface area contributed by atoms with E-state index in [2.05, 4.69) is 0 Å². The molecule has 5 rings (SSSR count). The van der Waals surface area contributed by atoms with Gasteiger partial charge in [0.15, 0.2) is 5.60 Å². The molecule has 1 aromatic carbocycles. The number of rotatable bonds is 3. The summed E-state index contributed by atoms with van der Waals surface area (Å²) < 4.78 is 12.0. The first-order valence-electron chi connectivity index (χ1n) is 10.6. The lowest BCUT2D eigenvalue weighted by atomic mass is 9.86. The zero-order valence-corrected chi connectivity index (χ0v) is 18.0. The van der Waals surface area contributed by atoms with E-state index in [0.717, 1.165) is 16.5 Å². The van der Waals surface area contributed by atoms with Crippen molar-refractivity contribution in [2.45, 2.75) is 52.4 Å². The number of fused-ring (bicyclic) bond motifs is 5. The highest BCUT2D eigenvalue weighted by Gasteiger charge is 2.45. The maximum atomic E-state index is 13.3. The van der Waals surface area contributed by atoms with E-state index in [-0.39, 0.29) is 18.6 Å². The fourth-order valence-corrected chi connectivity index (χ4v) is 4.77. The van der Waals surface area contributed by atoms with Crippen LogP contribution in [0, 0.1) is 0 Å². The number of aromatic nitrogens is 2. The molecule has 3 aromatic rings. The fraction of sp³-hybridized carbons (Fsp3) is 0.333. The number of pyridine rings is 2. The smallest absolute Gasteiger partial charge is 0.343 e. The number of aliphatic hydroxyl groups is 1. The number of esters is 2. The standard InChI is InChI=1S/C24H22N2O6/c1-4-14-15-8-13(32-12(3)27)6-7-19(15)25-21-16(14)10-26-20(21)9-18-17(22(26)28)11-31-23(29)24(18,30)5-2/h6-9,30H,4-5,10-11H2,1-3H3. The molecule has 2 aliphatic heterocycles. The predicted octanol–water partition coefficient (Wildman–Crippen LogP) is 2.57. The third-order valence-corrected chi connectivity index (χ3v) is 6.39. The molecule has 8 nitrogen and oxygen atoms in total. The second-order valence-electron chi connectivity index (χ2n) is 8.15. The van der Waals surface area contributed by atoms with Crippen molar-refractivity contribution in [2.75, 3.05) is 0 Å². The van der Waals surface area contributed by atoms with Crippen LogP contribution in [0.3, 0.4) is 0 Å². The van der Waals surface area contributed by atoms with Crippen molar-refractivity contribution in [3.05, 3.63) is 56.9 Å². The Hall–Kier alpha value is -3.52. The molecule has 2 aliphatic rings. The van der Waals surface area contributed by atoms with Crippen molar-refractivity contribution in [2.24, 2.45) is 0 Å². The minimum atomic E-state index is -1.85. The Kier molecular flexibility index (Phi) is 4.46. The quantitative estimate of drug-likeness (QED) is 0.390. The molecule has 0 radical (unpaired) electrons. The van der Waals surface area contributed by atoms with Crippen molar-refractivity contribution < 1.29 is 24.2 Å². The van der Waals surface area contributed by atoms with Gasteiger partial charge in [-0.3, -0.25) is 9.59 Å². The molecule has 164 valence electrons. The molecule has 2 aromatic heterocycles. The molecule has 1 atom stereocenters. The third-order valence-electron chi connectivity index (χ3n) is 6.39. The fourth-order valence-electron chi connectivity index (χ4n) is 4.77. The van der Waals surface area contributed by atoms with Crippen molar-refractivity contribution in [1.29, 1.82) is 0 Å². The van der Waals surface area contributed by atoms with Crippen LogP contribution in [-0.4, -0.2) is 26.6 Å². The molecule has 0 fully saturated rings. The van der Waals surface area contributed by atoms with Crippen molar-refractivity contribution in [3.63, 3.8) is 0 Å². The van der Waals surface area contributed by atoms with E-state index in [1.54, 1.807) is 35.8 Å². The summed E-state index contributed by atoms with van der Waals surface area (Å²) in [6, 6.07) is 6.97. The van der Waals surface area contributed by atoms with Gasteiger partial charge in [0, 0.05) is 23.4 Å². The van der Waals surface area contributed by atoms with Gasteiger partial charge in [0.1, 0.15) is 12.4 Å². The van der Waals surface area contributed by atoms with E-state index in [1.807, 2.05) is 6.92 Å². The van der Waals surface area contributed by atoms with Gasteiger partial charge in [-0.25, -0.2) is 9.78 Å². The molecule has 1 unspecified atom stereocenters. The Labute approximate surface area is 183 Å². The Balaban J connectivity index is 1.76. The van der Waals surface area contributed by atoms with Crippen LogP contribution in [0.2, 0.25) is 0 Å². The van der Waals surface area contributed by atoms with Crippen LogP contribution in [0.25, 0.3) is 22.3 Å². The molecule has 0 spiro atoms. The van der Waals surface area contributed by atoms with Gasteiger partial charge in [0.2, 0.25) is 0 Å². The first-order valence-corrected chi connectivity index (χ1v) is 10.6. The number of benzene rings is 1. The maximum Gasteiger partial charge on any atom is 0.343 e. The molecule has 1 N–H and O–H groups in total. The van der Waals surface area contributed by atoms with Gasteiger partial charge in [-0.05, 0) is 42.7 Å². The molecule has 4 heterocycles. The summed E-state index contributed by atoms with van der Waals surface area (Å²) in [5.41, 5.74) is 2.31. The Morgan fingerprint density at radius 2 is 2.03 bits per heavy atom. The molecule has 32 heavy (non-hydrogen) atoms. The summed E-state index contributed by atoms with van der Waals surface area (Å²) >= 11 is 0. The minimum absolute atomic E-state index is 0.0961. The van der Waals surface area contributed by atoms with E-state index in [9.17, 15) is 19.5 Å². The first-order chi connectivity index (χ1) is 15.3. The topological polar surface area (TPSA) is 108 Å². The summed E-state index contributed by atoms with van der Waals surface area (Å²) in [7, 11) is 0. The predicted molar refractivity (Wildman–Crippen MR) is 115 cm³/mol. The molecule has 8 heteroatoms. The second-order valence-corrected chi connectivity index (χ2v) is 8.15. The van der Waals surface area contributed by atoms with E-state index < -0.39 is 17.5 Å². The maximum absolute atomic E-state index is 13.3. The van der Waals surface area contributed by atoms with Gasteiger partial charge < -0.3 is 19.1 Å². The van der Waals surface area contributed by atoms with Crippen LogP contribution < -0.4 is 10.3 Å². The molecular formula is C24H22N2O6. The summed E-state index contributed by atoms with van der Waals surface area (Å²) in [5.74, 6) is -0.705. The monoisotopic (exact) mass is 434 g/mol. The normalized spacial score (nSPS) is 18.7. The number of nitrogens with zero attached hydrogens (tertiary/aromatic N) is 2. The van der Waals surface area contributed by atoms with Gasteiger partial charge >= 0.3 is 11.9 Å². The lowest BCUT2D eigenvalue weighted by Gasteiger charge is -2.31. The average molecular weight is 434 g/mol. The van der Waals surface area contributed by atoms with Crippen LogP contribution in [0.5, 0.6) is 5.75 Å². The largest absolute Gasteiger partial charge is 0.458 e. The van der Waals surface area contributed by atoms with E-state index in [4.69, 9.17) is 14.5 Å². The van der Waals surface area contributed by atoms with Gasteiger partial charge in [-0.15, -0.1) is 0 Å². The highest BCUT2D eigenvalue weighted by atomic mass is 16.6. The number of carbonyl (C=O) groups is 2. The van der Waals surface area contributed by atoms with E-state index in [0.29, 0.717) is 46.7 Å². The lowest BCUT2D eigenvalue weighted by Crippen LogP contribution is -2.44. The Bertz CT molecular complexity index is 1390. The Morgan fingerprint density at radius 3 is 2.72 bits per heavy atom. The second kappa shape index (κ2) is 7.00. The summed E-state index contributed by atoms with van der Waals surface area (Å²) in [5, 5.41) is 11.9. The highest BCUT2D eigenvalue weighted by Crippen LogP contribution is 2.40. The third kappa shape index (κ3) is 2.72. The number of ether oxygens (including phenoxy) is 2. The number of hydrogen-bond acceptors (Lipinski definition) is 7. The molecule has 0 bridgehead atoms. The molecule has 0 aliphatic carbocycles. The number of aryl methyl sites for hydroxylation is 1. The molecule has 0 amide bonds. The summed E-state index contributed by atoms with van der Waals surface area (Å²) in [4.78, 5) is 41.8. The average Bonchev–Trinajstić information content (AvgIpc) is 3.13. The van der Waals surface area contributed by atoms with E-state index in [1.165, 1.54) is 6.92 Å². The molecular weight excluding hydrogens is 412 g/mol. The SMILES string of the molecule is CCc1c2c(nc3ccc(OC(C)=O)cc13)-c1cc3c(c(=O)n1C2)COC(=O)C3(O)CC. The highest BCUT2D eigenvalue weighted by molar-refractivity contribution is 5.90. The van der Waals surface area contributed by atoms with Gasteiger partial charge in [0.25, 0.3) is 5.56 Å². The summed E-state index contributed by atoms with van der Waals surface area (Å²) in [6.07, 6.45) is 0.784. The molecule has 0 saturated heterocycles. The van der Waals surface area contributed by atoms with Crippen LogP contribution in [0.4, 0.5) is 0 Å². The van der Waals surface area contributed by atoms with Crippen LogP contribution in [0.15, 0.2) is 29.1 Å². The van der Waals surface area contributed by atoms with Gasteiger partial charge in [0.05, 0.1) is 29.0 Å². The van der Waals surface area contributed by atoms with Crippen molar-refractivity contribution >= 4 is 22.8 Å². The van der Waals surface area contributed by atoms with Crippen molar-refractivity contribution in [3.8, 4) is 17.1 Å². The van der Waals surface area contributed by atoms with Crippen LogP contribution >= 0.6 is 0 Å². The van der Waals surface area contributed by atoms with Crippen molar-refractivity contribution in [1.82, 2.24) is 9.55 Å². The lowest BCUT2D eigenvalue weighted by molar-refractivity contribution is -0.172. The van der Waals surface area contributed by atoms with Gasteiger partial charge in [-0.2, -0.15) is 0 Å². The first kappa shape index (κ1) is 20.4. The number of hydrogen-bond donors (Lipinski definition) is 1. The number of cyclic esters (lactones) is 1. The Morgan fingerprint density at radius 1 is 1.25 bits per heavy atom. The minimum Gasteiger partial charge on any atom is -0.458 e. The zero-order valence-electron chi connectivity index (χ0n) is 18.0. The van der Waals surface area contributed by atoms with Crippen LogP contribution in [-0.2, 0) is 39.5 Å². The zero-order chi connectivity index (χ0) is 22.8. The van der Waals surface area contributed by atoms with Gasteiger partial charge in [-0.1, -0.05) is 13.8 Å². The molecule has 0 saturated carbocycles. The number of carbonyl (C=O) groups excluding carboxylic acids is 2. The van der Waals surface area contributed by atoms with Crippen LogP contribution in [0.1, 0.15) is 49.4 Å². The van der Waals surface area contributed by atoms with E-state index >= 15 is 0 Å². The summed E-state index contributed by atoms with van der Waals surface area (Å²) in [6.45, 7) is 5.22.